The van der Waals surface area contributed by atoms with Gasteiger partial charge in [0, 0.05) is 0 Å². The molecule has 1 aliphatic rings. The molecule has 10 heteroatoms. The molecule has 0 saturated carbocycles. The van der Waals surface area contributed by atoms with E-state index in [-0.39, 0.29) is 0 Å². The van der Waals surface area contributed by atoms with Crippen LogP contribution in [0.2, 0.25) is 0 Å². The molecular formula is C5H3F7O3. The van der Waals surface area contributed by atoms with Crippen LogP contribution in [0.1, 0.15) is 0 Å². The second-order valence-electron chi connectivity index (χ2n) is 2.64. The molecule has 0 radical (unpaired) electrons. The first kappa shape index (κ1) is 12.5. The average molecular weight is 244 g/mol. The average Bonchev–Trinajstić information content (AvgIpc) is 1.98. The van der Waals surface area contributed by atoms with Crippen molar-refractivity contribution in [3.8, 4) is 0 Å². The Bertz CT molecular complexity index is 267. The lowest BCUT2D eigenvalue weighted by molar-refractivity contribution is -0.590. The standard InChI is InChI=1S/C5H3F7O3/c6-2(1-13)3(7,8)15-5(11,12)4(9,10)14-2/h13H,1H2. The lowest BCUT2D eigenvalue weighted by atomic mass is 10.2. The number of aliphatic hydroxyl groups is 1. The lowest BCUT2D eigenvalue weighted by Gasteiger charge is -2.42. The second-order valence-corrected chi connectivity index (χ2v) is 2.64. The smallest absolute Gasteiger partial charge is 0.390 e. The first-order valence-corrected chi connectivity index (χ1v) is 3.31. The topological polar surface area (TPSA) is 38.7 Å². The minimum absolute atomic E-state index is 2.27. The van der Waals surface area contributed by atoms with Crippen LogP contribution >= 0.6 is 0 Å². The van der Waals surface area contributed by atoms with Crippen LogP contribution in [-0.2, 0) is 9.47 Å². The molecule has 1 fully saturated rings. The molecule has 1 atom stereocenters. The van der Waals surface area contributed by atoms with E-state index in [1.807, 2.05) is 0 Å². The number of hydrogen-bond donors (Lipinski definition) is 1. The maximum atomic E-state index is 12.8. The predicted octanol–water partition coefficient (Wildman–Crippen LogP) is 1.47. The summed E-state index contributed by atoms with van der Waals surface area (Å²) < 4.78 is 91.1. The van der Waals surface area contributed by atoms with Gasteiger partial charge in [-0.3, -0.25) is 4.74 Å². The molecule has 0 aliphatic carbocycles. The van der Waals surface area contributed by atoms with Crippen molar-refractivity contribution < 1.29 is 45.3 Å². The van der Waals surface area contributed by atoms with Gasteiger partial charge in [0.25, 0.3) is 0 Å². The monoisotopic (exact) mass is 244 g/mol. The second kappa shape index (κ2) is 2.95. The van der Waals surface area contributed by atoms with Crippen LogP contribution in [0, 0.1) is 0 Å². The van der Waals surface area contributed by atoms with Crippen molar-refractivity contribution in [1.29, 1.82) is 0 Å². The van der Waals surface area contributed by atoms with Crippen molar-refractivity contribution in [1.82, 2.24) is 0 Å². The van der Waals surface area contributed by atoms with Gasteiger partial charge in [-0.2, -0.15) is 30.7 Å². The Morgan fingerprint density at radius 2 is 1.13 bits per heavy atom. The molecule has 3 nitrogen and oxygen atoms in total. The van der Waals surface area contributed by atoms with Gasteiger partial charge < -0.3 is 5.11 Å². The molecule has 90 valence electrons. The van der Waals surface area contributed by atoms with E-state index < -0.39 is 30.8 Å². The van der Waals surface area contributed by atoms with Crippen LogP contribution in [0.5, 0.6) is 0 Å². The minimum Gasteiger partial charge on any atom is -0.390 e. The highest BCUT2D eigenvalue weighted by Crippen LogP contribution is 2.52. The summed E-state index contributed by atoms with van der Waals surface area (Å²) in [6, 6.07) is 0. The Labute approximate surface area is 77.4 Å². The number of halogens is 7. The van der Waals surface area contributed by atoms with Crippen molar-refractivity contribution in [2.75, 3.05) is 6.61 Å². The number of rotatable bonds is 1. The Morgan fingerprint density at radius 1 is 0.733 bits per heavy atom. The van der Waals surface area contributed by atoms with Crippen LogP contribution < -0.4 is 0 Å². The van der Waals surface area contributed by atoms with Crippen molar-refractivity contribution in [2.45, 2.75) is 24.2 Å². The van der Waals surface area contributed by atoms with Gasteiger partial charge in [-0.05, 0) is 0 Å². The Morgan fingerprint density at radius 3 is 1.53 bits per heavy atom. The van der Waals surface area contributed by atoms with E-state index >= 15 is 0 Å². The molecule has 1 saturated heterocycles. The summed E-state index contributed by atoms with van der Waals surface area (Å²) in [5.74, 6) is -4.72. The van der Waals surface area contributed by atoms with E-state index in [1.165, 1.54) is 0 Å². The highest BCUT2D eigenvalue weighted by Gasteiger charge is 2.78. The summed E-state index contributed by atoms with van der Waals surface area (Å²) in [5, 5.41) is 8.05. The highest BCUT2D eigenvalue weighted by molar-refractivity contribution is 4.88. The van der Waals surface area contributed by atoms with Crippen LogP contribution in [0.4, 0.5) is 30.7 Å². The number of ether oxygens (including phenoxy) is 2. The zero-order chi connectivity index (χ0) is 12.1. The summed E-state index contributed by atoms with van der Waals surface area (Å²) in [6.07, 6.45) is -16.7. The molecule has 1 rings (SSSR count). The maximum Gasteiger partial charge on any atom is 0.453 e. The van der Waals surface area contributed by atoms with Crippen LogP contribution in [0.3, 0.4) is 0 Å². The van der Waals surface area contributed by atoms with E-state index in [0.29, 0.717) is 0 Å². The molecule has 0 aromatic heterocycles. The minimum atomic E-state index is -5.69. The molecule has 0 spiro atoms. The predicted molar refractivity (Wildman–Crippen MR) is 27.9 cm³/mol. The molecule has 0 aromatic rings. The van der Waals surface area contributed by atoms with Gasteiger partial charge in [0.15, 0.2) is 0 Å². The van der Waals surface area contributed by atoms with Gasteiger partial charge in [-0.15, -0.1) is 0 Å². The van der Waals surface area contributed by atoms with Gasteiger partial charge in [0.2, 0.25) is 0 Å². The van der Waals surface area contributed by atoms with E-state index in [4.69, 9.17) is 5.11 Å². The fourth-order valence-electron chi connectivity index (χ4n) is 0.743. The number of hydrogen-bond acceptors (Lipinski definition) is 3. The van der Waals surface area contributed by atoms with Gasteiger partial charge in [-0.1, -0.05) is 0 Å². The first-order chi connectivity index (χ1) is 6.47. The lowest BCUT2D eigenvalue weighted by Crippen LogP contribution is -2.67. The number of aliphatic hydroxyl groups excluding tert-OH is 1. The number of alkyl halides is 7. The summed E-state index contributed by atoms with van der Waals surface area (Å²) in [4.78, 5) is 0. The fourth-order valence-corrected chi connectivity index (χ4v) is 0.743. The summed E-state index contributed by atoms with van der Waals surface area (Å²) >= 11 is 0. The molecule has 1 unspecified atom stereocenters. The molecule has 0 aromatic carbocycles. The molecule has 0 bridgehead atoms. The van der Waals surface area contributed by atoms with Crippen molar-refractivity contribution in [2.24, 2.45) is 0 Å². The fraction of sp³-hybridized carbons (Fsp3) is 1.00. The van der Waals surface area contributed by atoms with Crippen LogP contribution in [-0.4, -0.2) is 35.9 Å². The van der Waals surface area contributed by atoms with E-state index in [1.54, 1.807) is 0 Å². The van der Waals surface area contributed by atoms with Gasteiger partial charge in [0.05, 0.1) is 0 Å². The molecular weight excluding hydrogens is 241 g/mol. The quantitative estimate of drug-likeness (QED) is 0.710. The first-order valence-electron chi connectivity index (χ1n) is 3.31. The third kappa shape index (κ3) is 1.66. The Kier molecular flexibility index (Phi) is 2.45. The largest absolute Gasteiger partial charge is 0.453 e. The zero-order valence-electron chi connectivity index (χ0n) is 6.62. The van der Waals surface area contributed by atoms with Gasteiger partial charge in [0.1, 0.15) is 6.61 Å². The van der Waals surface area contributed by atoms with Crippen LogP contribution in [0.15, 0.2) is 0 Å². The summed E-state index contributed by atoms with van der Waals surface area (Å²) in [6.45, 7) is -2.27. The zero-order valence-corrected chi connectivity index (χ0v) is 6.62. The molecule has 0 amide bonds. The molecule has 1 heterocycles. The molecule has 1 N–H and O–H groups in total. The normalized spacial score (nSPS) is 37.6. The van der Waals surface area contributed by atoms with E-state index in [2.05, 4.69) is 9.47 Å². The highest BCUT2D eigenvalue weighted by atomic mass is 19.3. The van der Waals surface area contributed by atoms with Crippen LogP contribution in [0.25, 0.3) is 0 Å². The summed E-state index contributed by atoms with van der Waals surface area (Å²) in [7, 11) is 0. The third-order valence-electron chi connectivity index (χ3n) is 1.52. The molecule has 1 aliphatic heterocycles. The summed E-state index contributed by atoms with van der Waals surface area (Å²) in [5.41, 5.74) is 0. The van der Waals surface area contributed by atoms with E-state index in [9.17, 15) is 30.7 Å². The Balaban J connectivity index is 3.11. The van der Waals surface area contributed by atoms with Crippen molar-refractivity contribution >= 4 is 0 Å². The van der Waals surface area contributed by atoms with Gasteiger partial charge >= 0.3 is 24.2 Å². The molecule has 15 heavy (non-hydrogen) atoms. The van der Waals surface area contributed by atoms with Crippen molar-refractivity contribution in [3.63, 3.8) is 0 Å². The third-order valence-corrected chi connectivity index (χ3v) is 1.52. The maximum absolute atomic E-state index is 12.8. The van der Waals surface area contributed by atoms with Gasteiger partial charge in [-0.25, -0.2) is 4.74 Å². The Hall–Kier alpha value is -0.610. The SMILES string of the molecule is OCC1(F)OC(F)(F)C(F)(F)OC1(F)F. The van der Waals surface area contributed by atoms with E-state index in [0.717, 1.165) is 0 Å². The van der Waals surface area contributed by atoms with Crippen molar-refractivity contribution in [3.05, 3.63) is 0 Å².